The molecule has 0 saturated heterocycles. The number of sulfone groups is 1. The number of methoxy groups -OCH3 is 2. The van der Waals surface area contributed by atoms with E-state index >= 15 is 0 Å². The van der Waals surface area contributed by atoms with E-state index in [0.29, 0.717) is 17.1 Å². The van der Waals surface area contributed by atoms with Gasteiger partial charge in [-0.05, 0) is 35.9 Å². The summed E-state index contributed by atoms with van der Waals surface area (Å²) in [6.07, 6.45) is 1.53. The molecule has 0 aliphatic carbocycles. The molecule has 2 rings (SSSR count). The highest BCUT2D eigenvalue weighted by Gasteiger charge is 2.09. The molecule has 110 valence electrons. The monoisotopic (exact) mass is 304 g/mol. The first-order valence-corrected chi connectivity index (χ1v) is 7.81. The van der Waals surface area contributed by atoms with E-state index in [9.17, 15) is 8.42 Å². The average molecular weight is 304 g/mol. The lowest BCUT2D eigenvalue weighted by Gasteiger charge is -2.07. The van der Waals surface area contributed by atoms with E-state index in [4.69, 9.17) is 9.47 Å². The summed E-state index contributed by atoms with van der Waals surface area (Å²) in [5.74, 6) is 1.15. The Balaban J connectivity index is 2.29. The summed E-state index contributed by atoms with van der Waals surface area (Å²) in [6.45, 7) is 0. The SMILES string of the molecule is COc1ccc(C=CS(=O)(=O)c2ccccc2)cc1OC. The van der Waals surface area contributed by atoms with Crippen LogP contribution in [0.25, 0.3) is 6.08 Å². The lowest BCUT2D eigenvalue weighted by molar-refractivity contribution is 0.355. The molecule has 0 bridgehead atoms. The number of benzene rings is 2. The highest BCUT2D eigenvalue weighted by atomic mass is 32.2. The van der Waals surface area contributed by atoms with Crippen LogP contribution in [0.4, 0.5) is 0 Å². The van der Waals surface area contributed by atoms with Crippen LogP contribution in [0.3, 0.4) is 0 Å². The zero-order valence-electron chi connectivity index (χ0n) is 11.8. The Bertz CT molecular complexity index is 734. The van der Waals surface area contributed by atoms with Crippen molar-refractivity contribution in [3.05, 3.63) is 59.5 Å². The minimum atomic E-state index is -3.45. The van der Waals surface area contributed by atoms with Gasteiger partial charge in [0.25, 0.3) is 0 Å². The lowest BCUT2D eigenvalue weighted by atomic mass is 10.2. The second-order valence-corrected chi connectivity index (χ2v) is 6.11. The van der Waals surface area contributed by atoms with Crippen LogP contribution < -0.4 is 9.47 Å². The summed E-state index contributed by atoms with van der Waals surface area (Å²) in [6, 6.07) is 13.5. The molecule has 0 amide bonds. The predicted octanol–water partition coefficient (Wildman–Crippen LogP) is 3.15. The predicted molar refractivity (Wildman–Crippen MR) is 82.2 cm³/mol. The molecule has 5 heteroatoms. The van der Waals surface area contributed by atoms with Crippen LogP contribution in [-0.4, -0.2) is 22.6 Å². The number of rotatable bonds is 5. The van der Waals surface area contributed by atoms with Crippen LogP contribution in [0.5, 0.6) is 11.5 Å². The van der Waals surface area contributed by atoms with Crippen LogP contribution in [-0.2, 0) is 9.84 Å². The van der Waals surface area contributed by atoms with Crippen LogP contribution in [0.2, 0.25) is 0 Å². The highest BCUT2D eigenvalue weighted by molar-refractivity contribution is 7.94. The first kappa shape index (κ1) is 15.1. The smallest absolute Gasteiger partial charge is 0.199 e. The van der Waals surface area contributed by atoms with Crippen molar-refractivity contribution in [2.24, 2.45) is 0 Å². The second-order valence-electron chi connectivity index (χ2n) is 4.28. The zero-order chi connectivity index (χ0) is 15.3. The van der Waals surface area contributed by atoms with Crippen molar-refractivity contribution >= 4 is 15.9 Å². The standard InChI is InChI=1S/C16H16O4S/c1-19-15-9-8-13(12-16(15)20-2)10-11-21(17,18)14-6-4-3-5-7-14/h3-12H,1-2H3. The fourth-order valence-electron chi connectivity index (χ4n) is 1.81. The molecule has 2 aromatic rings. The van der Waals surface area contributed by atoms with E-state index in [2.05, 4.69) is 0 Å². The molecule has 0 heterocycles. The Morgan fingerprint density at radius 1 is 0.905 bits per heavy atom. The summed E-state index contributed by atoms with van der Waals surface area (Å²) >= 11 is 0. The van der Waals surface area contributed by atoms with Gasteiger partial charge in [-0.15, -0.1) is 0 Å². The first-order valence-electron chi connectivity index (χ1n) is 6.27. The van der Waals surface area contributed by atoms with Gasteiger partial charge >= 0.3 is 0 Å². The van der Waals surface area contributed by atoms with Gasteiger partial charge in [-0.25, -0.2) is 8.42 Å². The third kappa shape index (κ3) is 3.64. The van der Waals surface area contributed by atoms with Crippen molar-refractivity contribution < 1.29 is 17.9 Å². The summed E-state index contributed by atoms with van der Waals surface area (Å²) < 4.78 is 34.6. The van der Waals surface area contributed by atoms with Crippen molar-refractivity contribution in [3.8, 4) is 11.5 Å². The molecule has 0 atom stereocenters. The molecule has 0 aromatic heterocycles. The Kier molecular flexibility index (Phi) is 4.65. The number of hydrogen-bond donors (Lipinski definition) is 0. The van der Waals surface area contributed by atoms with E-state index in [1.165, 1.54) is 18.6 Å². The minimum Gasteiger partial charge on any atom is -0.493 e. The molecule has 0 saturated carbocycles. The molecular formula is C16H16O4S. The maximum Gasteiger partial charge on any atom is 0.199 e. The minimum absolute atomic E-state index is 0.265. The van der Waals surface area contributed by atoms with Gasteiger partial charge in [0.05, 0.1) is 19.1 Å². The molecule has 0 radical (unpaired) electrons. The average Bonchev–Trinajstić information content (AvgIpc) is 2.53. The Morgan fingerprint density at radius 2 is 1.57 bits per heavy atom. The maximum atomic E-state index is 12.1. The highest BCUT2D eigenvalue weighted by Crippen LogP contribution is 2.28. The van der Waals surface area contributed by atoms with E-state index in [-0.39, 0.29) is 4.90 Å². The largest absolute Gasteiger partial charge is 0.493 e. The maximum absolute atomic E-state index is 12.1. The van der Waals surface area contributed by atoms with E-state index in [1.54, 1.807) is 55.6 Å². The molecule has 0 aliphatic rings. The molecule has 2 aromatic carbocycles. The normalized spacial score (nSPS) is 11.5. The van der Waals surface area contributed by atoms with Crippen LogP contribution >= 0.6 is 0 Å². The van der Waals surface area contributed by atoms with Gasteiger partial charge in [-0.2, -0.15) is 0 Å². The Hall–Kier alpha value is -2.27. The van der Waals surface area contributed by atoms with Gasteiger partial charge < -0.3 is 9.47 Å². The van der Waals surface area contributed by atoms with E-state index < -0.39 is 9.84 Å². The van der Waals surface area contributed by atoms with Crippen molar-refractivity contribution in [2.45, 2.75) is 4.90 Å². The van der Waals surface area contributed by atoms with Crippen LogP contribution in [0.15, 0.2) is 58.8 Å². The summed E-state index contributed by atoms with van der Waals surface area (Å²) in [4.78, 5) is 0.265. The zero-order valence-corrected chi connectivity index (χ0v) is 12.6. The fourth-order valence-corrected chi connectivity index (χ4v) is 2.84. The van der Waals surface area contributed by atoms with Crippen molar-refractivity contribution in [2.75, 3.05) is 14.2 Å². The van der Waals surface area contributed by atoms with Crippen molar-refractivity contribution in [1.82, 2.24) is 0 Å². The van der Waals surface area contributed by atoms with Crippen LogP contribution in [0, 0.1) is 0 Å². The van der Waals surface area contributed by atoms with Crippen LogP contribution in [0.1, 0.15) is 5.56 Å². The molecule has 0 spiro atoms. The van der Waals surface area contributed by atoms with Crippen molar-refractivity contribution in [3.63, 3.8) is 0 Å². The van der Waals surface area contributed by atoms with E-state index in [0.717, 1.165) is 0 Å². The molecular weight excluding hydrogens is 288 g/mol. The summed E-state index contributed by atoms with van der Waals surface area (Å²) in [7, 11) is -0.364. The fraction of sp³-hybridized carbons (Fsp3) is 0.125. The van der Waals surface area contributed by atoms with Gasteiger partial charge in [0.15, 0.2) is 21.3 Å². The first-order chi connectivity index (χ1) is 10.1. The van der Waals surface area contributed by atoms with E-state index in [1.807, 2.05) is 0 Å². The number of ether oxygens (including phenoxy) is 2. The van der Waals surface area contributed by atoms with Crippen molar-refractivity contribution in [1.29, 1.82) is 0 Å². The molecule has 0 N–H and O–H groups in total. The molecule has 0 fully saturated rings. The van der Waals surface area contributed by atoms with Gasteiger partial charge in [0.2, 0.25) is 0 Å². The van der Waals surface area contributed by atoms with Gasteiger partial charge in [0, 0.05) is 5.41 Å². The van der Waals surface area contributed by atoms with Gasteiger partial charge in [-0.3, -0.25) is 0 Å². The Labute approximate surface area is 124 Å². The molecule has 0 unspecified atom stereocenters. The van der Waals surface area contributed by atoms with Gasteiger partial charge in [-0.1, -0.05) is 24.3 Å². The summed E-state index contributed by atoms with van der Waals surface area (Å²) in [5, 5.41) is 1.18. The molecule has 0 aliphatic heterocycles. The molecule has 4 nitrogen and oxygen atoms in total. The third-order valence-electron chi connectivity index (χ3n) is 2.92. The topological polar surface area (TPSA) is 52.6 Å². The third-order valence-corrected chi connectivity index (χ3v) is 4.34. The van der Waals surface area contributed by atoms with Gasteiger partial charge in [0.1, 0.15) is 0 Å². The lowest BCUT2D eigenvalue weighted by Crippen LogP contribution is -1.95. The molecule has 21 heavy (non-hydrogen) atoms. The second kappa shape index (κ2) is 6.45. The Morgan fingerprint density at radius 3 is 2.19 bits per heavy atom. The number of hydrogen-bond acceptors (Lipinski definition) is 4. The quantitative estimate of drug-likeness (QED) is 0.851. The summed E-state index contributed by atoms with van der Waals surface area (Å²) in [5.41, 5.74) is 0.715.